The first kappa shape index (κ1) is 16.4. The van der Waals surface area contributed by atoms with Crippen molar-refractivity contribution in [3.8, 4) is 11.5 Å². The molecule has 1 saturated heterocycles. The summed E-state index contributed by atoms with van der Waals surface area (Å²) < 4.78 is 10.6. The highest BCUT2D eigenvalue weighted by Crippen LogP contribution is 2.33. The van der Waals surface area contributed by atoms with E-state index in [2.05, 4.69) is 0 Å². The standard InChI is InChI=1S/C20H20N2O4/c21-19(23)15-3-1-2-13(9-15)8-14-6-7-22(11-14)20(24)16-4-5-17-18(10-16)26-12-25-17/h1-5,9-10,14H,6-8,11-12H2,(H2,21,23)/t14-/m0/s1. The molecule has 0 unspecified atom stereocenters. The summed E-state index contributed by atoms with van der Waals surface area (Å²) in [5.41, 5.74) is 7.56. The summed E-state index contributed by atoms with van der Waals surface area (Å²) in [6.07, 6.45) is 1.77. The summed E-state index contributed by atoms with van der Waals surface area (Å²) in [7, 11) is 0. The van der Waals surface area contributed by atoms with Crippen LogP contribution in [-0.2, 0) is 6.42 Å². The van der Waals surface area contributed by atoms with Gasteiger partial charge in [-0.15, -0.1) is 0 Å². The van der Waals surface area contributed by atoms with Gasteiger partial charge in [-0.2, -0.15) is 0 Å². The third kappa shape index (κ3) is 3.22. The second-order valence-corrected chi connectivity index (χ2v) is 6.74. The Morgan fingerprint density at radius 1 is 1.08 bits per heavy atom. The maximum absolute atomic E-state index is 12.8. The molecule has 1 atom stereocenters. The predicted molar refractivity (Wildman–Crippen MR) is 95.2 cm³/mol. The first-order valence-electron chi connectivity index (χ1n) is 8.68. The van der Waals surface area contributed by atoms with Gasteiger partial charge in [-0.25, -0.2) is 0 Å². The molecule has 0 radical (unpaired) electrons. The van der Waals surface area contributed by atoms with Gasteiger partial charge >= 0.3 is 0 Å². The molecular formula is C20H20N2O4. The number of likely N-dealkylation sites (tertiary alicyclic amines) is 1. The van der Waals surface area contributed by atoms with Crippen LogP contribution in [0.5, 0.6) is 11.5 Å². The van der Waals surface area contributed by atoms with Crippen molar-refractivity contribution in [1.29, 1.82) is 0 Å². The fourth-order valence-electron chi connectivity index (χ4n) is 3.58. The molecule has 6 nitrogen and oxygen atoms in total. The summed E-state index contributed by atoms with van der Waals surface area (Å²) in [5, 5.41) is 0. The topological polar surface area (TPSA) is 81.9 Å². The third-order valence-corrected chi connectivity index (χ3v) is 4.93. The molecule has 0 aliphatic carbocycles. The molecule has 2 aliphatic rings. The summed E-state index contributed by atoms with van der Waals surface area (Å²) in [5.74, 6) is 1.26. The van der Waals surface area contributed by atoms with Crippen molar-refractivity contribution in [1.82, 2.24) is 4.90 Å². The SMILES string of the molecule is NC(=O)c1cccc(C[C@@H]2CCN(C(=O)c3ccc4c(c3)OCO4)C2)c1. The number of benzene rings is 2. The molecular weight excluding hydrogens is 332 g/mol. The highest BCUT2D eigenvalue weighted by molar-refractivity contribution is 5.95. The molecule has 2 aliphatic heterocycles. The minimum absolute atomic E-state index is 0.0108. The van der Waals surface area contributed by atoms with Crippen molar-refractivity contribution in [3.63, 3.8) is 0 Å². The van der Waals surface area contributed by atoms with E-state index in [-0.39, 0.29) is 12.7 Å². The van der Waals surface area contributed by atoms with Crippen LogP contribution >= 0.6 is 0 Å². The van der Waals surface area contributed by atoms with Crippen LogP contribution in [0, 0.1) is 5.92 Å². The molecule has 134 valence electrons. The van der Waals surface area contributed by atoms with E-state index in [1.54, 1.807) is 24.3 Å². The zero-order valence-electron chi connectivity index (χ0n) is 14.3. The quantitative estimate of drug-likeness (QED) is 0.915. The Balaban J connectivity index is 1.41. The van der Waals surface area contributed by atoms with Gasteiger partial charge < -0.3 is 20.1 Å². The van der Waals surface area contributed by atoms with Crippen molar-refractivity contribution < 1.29 is 19.1 Å². The number of primary amides is 1. The molecule has 0 saturated carbocycles. The molecule has 4 rings (SSSR count). The lowest BCUT2D eigenvalue weighted by Crippen LogP contribution is -2.28. The summed E-state index contributed by atoms with van der Waals surface area (Å²) in [4.78, 5) is 26.0. The van der Waals surface area contributed by atoms with Crippen LogP contribution in [0.4, 0.5) is 0 Å². The van der Waals surface area contributed by atoms with Crippen molar-refractivity contribution in [3.05, 3.63) is 59.2 Å². The third-order valence-electron chi connectivity index (χ3n) is 4.93. The molecule has 0 aromatic heterocycles. The van der Waals surface area contributed by atoms with Gasteiger partial charge in [0.15, 0.2) is 11.5 Å². The zero-order valence-corrected chi connectivity index (χ0v) is 14.3. The zero-order chi connectivity index (χ0) is 18.1. The lowest BCUT2D eigenvalue weighted by molar-refractivity contribution is 0.0786. The predicted octanol–water partition coefficient (Wildman–Crippen LogP) is 2.22. The number of amides is 2. The molecule has 2 amide bonds. The number of ether oxygens (including phenoxy) is 2. The lowest BCUT2D eigenvalue weighted by Gasteiger charge is -2.17. The van der Waals surface area contributed by atoms with Gasteiger partial charge in [0.05, 0.1) is 0 Å². The number of hydrogen-bond donors (Lipinski definition) is 1. The largest absolute Gasteiger partial charge is 0.454 e. The van der Waals surface area contributed by atoms with Crippen molar-refractivity contribution in [2.45, 2.75) is 12.8 Å². The highest BCUT2D eigenvalue weighted by Gasteiger charge is 2.28. The van der Waals surface area contributed by atoms with Gasteiger partial charge in [0, 0.05) is 24.2 Å². The molecule has 0 bridgehead atoms. The average Bonchev–Trinajstić information content (AvgIpc) is 3.30. The van der Waals surface area contributed by atoms with Gasteiger partial charge in [0.1, 0.15) is 0 Å². The first-order valence-corrected chi connectivity index (χ1v) is 8.68. The van der Waals surface area contributed by atoms with E-state index < -0.39 is 5.91 Å². The van der Waals surface area contributed by atoms with Gasteiger partial charge in [0.25, 0.3) is 5.91 Å². The van der Waals surface area contributed by atoms with Crippen LogP contribution in [0.3, 0.4) is 0 Å². The summed E-state index contributed by atoms with van der Waals surface area (Å²) >= 11 is 0. The van der Waals surface area contributed by atoms with E-state index in [0.717, 1.165) is 24.9 Å². The van der Waals surface area contributed by atoms with Crippen LogP contribution in [-0.4, -0.2) is 36.6 Å². The summed E-state index contributed by atoms with van der Waals surface area (Å²) in [6, 6.07) is 12.7. The fraction of sp³-hybridized carbons (Fsp3) is 0.300. The van der Waals surface area contributed by atoms with E-state index in [1.807, 2.05) is 23.1 Å². The maximum atomic E-state index is 12.8. The Morgan fingerprint density at radius 2 is 1.92 bits per heavy atom. The Kier molecular flexibility index (Phi) is 4.24. The van der Waals surface area contributed by atoms with Crippen LogP contribution in [0.15, 0.2) is 42.5 Å². The van der Waals surface area contributed by atoms with E-state index in [9.17, 15) is 9.59 Å². The van der Waals surface area contributed by atoms with Crippen LogP contribution in [0.25, 0.3) is 0 Å². The minimum Gasteiger partial charge on any atom is -0.454 e. The van der Waals surface area contributed by atoms with Crippen LogP contribution in [0.2, 0.25) is 0 Å². The smallest absolute Gasteiger partial charge is 0.254 e. The number of carbonyl (C=O) groups excluding carboxylic acids is 2. The fourth-order valence-corrected chi connectivity index (χ4v) is 3.58. The van der Waals surface area contributed by atoms with Crippen LogP contribution < -0.4 is 15.2 Å². The molecule has 26 heavy (non-hydrogen) atoms. The Labute approximate surface area is 151 Å². The number of hydrogen-bond acceptors (Lipinski definition) is 4. The monoisotopic (exact) mass is 352 g/mol. The molecule has 2 aromatic rings. The van der Waals surface area contributed by atoms with Gasteiger partial charge in [-0.3, -0.25) is 9.59 Å². The lowest BCUT2D eigenvalue weighted by atomic mass is 9.97. The van der Waals surface area contributed by atoms with Gasteiger partial charge in [-0.1, -0.05) is 12.1 Å². The van der Waals surface area contributed by atoms with E-state index >= 15 is 0 Å². The van der Waals surface area contributed by atoms with Crippen LogP contribution in [0.1, 0.15) is 32.7 Å². The number of nitrogens with zero attached hydrogens (tertiary/aromatic N) is 1. The number of fused-ring (bicyclic) bond motifs is 1. The minimum atomic E-state index is -0.419. The number of rotatable bonds is 4. The second-order valence-electron chi connectivity index (χ2n) is 6.74. The molecule has 2 aromatic carbocycles. The highest BCUT2D eigenvalue weighted by atomic mass is 16.7. The Morgan fingerprint density at radius 3 is 2.77 bits per heavy atom. The summed E-state index contributed by atoms with van der Waals surface area (Å²) in [6.45, 7) is 1.63. The number of nitrogens with two attached hydrogens (primary N) is 1. The number of carbonyl (C=O) groups is 2. The first-order chi connectivity index (χ1) is 12.6. The Hall–Kier alpha value is -3.02. The molecule has 2 heterocycles. The van der Waals surface area contributed by atoms with E-state index in [4.69, 9.17) is 15.2 Å². The van der Waals surface area contributed by atoms with Crippen molar-refractivity contribution >= 4 is 11.8 Å². The van der Waals surface area contributed by atoms with Crippen molar-refractivity contribution in [2.24, 2.45) is 11.7 Å². The molecule has 2 N–H and O–H groups in total. The molecule has 1 fully saturated rings. The molecule has 6 heteroatoms. The van der Waals surface area contributed by atoms with E-state index in [1.165, 1.54) is 0 Å². The molecule has 0 spiro atoms. The normalized spacial score (nSPS) is 18.2. The van der Waals surface area contributed by atoms with Gasteiger partial charge in [0.2, 0.25) is 12.7 Å². The van der Waals surface area contributed by atoms with Gasteiger partial charge in [-0.05, 0) is 54.7 Å². The second kappa shape index (κ2) is 6.71. The Bertz CT molecular complexity index is 865. The average molecular weight is 352 g/mol. The maximum Gasteiger partial charge on any atom is 0.254 e. The van der Waals surface area contributed by atoms with E-state index in [0.29, 0.717) is 35.1 Å². The van der Waals surface area contributed by atoms with Crippen molar-refractivity contribution in [2.75, 3.05) is 19.9 Å².